The molecule has 168 valence electrons. The van der Waals surface area contributed by atoms with Crippen molar-refractivity contribution in [1.82, 2.24) is 14.2 Å². The van der Waals surface area contributed by atoms with Crippen LogP contribution in [0.4, 0.5) is 4.39 Å². The van der Waals surface area contributed by atoms with Crippen LogP contribution in [-0.2, 0) is 16.6 Å². The summed E-state index contributed by atoms with van der Waals surface area (Å²) in [5.41, 5.74) is 1.42. The predicted molar refractivity (Wildman–Crippen MR) is 117 cm³/mol. The van der Waals surface area contributed by atoms with E-state index in [1.807, 2.05) is 30.3 Å². The van der Waals surface area contributed by atoms with Gasteiger partial charge < -0.3 is 0 Å². The number of halogens is 1. The van der Waals surface area contributed by atoms with Crippen molar-refractivity contribution in [3.8, 4) is 0 Å². The molecule has 2 aliphatic rings. The number of aromatic nitrogens is 1. The fourth-order valence-electron chi connectivity index (χ4n) is 4.41. The lowest BCUT2D eigenvalue weighted by molar-refractivity contribution is 0.0639. The summed E-state index contributed by atoms with van der Waals surface area (Å²) in [6, 6.07) is 16.1. The standard InChI is InChI=1S/C24H20FN3O4S/c25-19-9-8-18(15-28-23(29)20-7-4-11-26-22(20)24(28)30)21(13-19)33(31,32)27-12-10-17(14-27)16-5-2-1-3-6-16/h1-9,11,13,17H,10,12,14-15H2/t17-/m1/s1. The lowest BCUT2D eigenvalue weighted by atomic mass is 9.99. The number of fused-ring (bicyclic) bond motifs is 1. The van der Waals surface area contributed by atoms with E-state index in [0.29, 0.717) is 13.0 Å². The highest BCUT2D eigenvalue weighted by atomic mass is 32.2. The average molecular weight is 466 g/mol. The summed E-state index contributed by atoms with van der Waals surface area (Å²) in [5.74, 6) is -1.82. The predicted octanol–water partition coefficient (Wildman–Crippen LogP) is 3.20. The van der Waals surface area contributed by atoms with E-state index in [9.17, 15) is 22.4 Å². The molecule has 0 spiro atoms. The summed E-state index contributed by atoms with van der Waals surface area (Å²) >= 11 is 0. The first-order valence-electron chi connectivity index (χ1n) is 10.5. The summed E-state index contributed by atoms with van der Waals surface area (Å²) in [4.78, 5) is 30.1. The van der Waals surface area contributed by atoms with Gasteiger partial charge in [0, 0.05) is 19.3 Å². The molecule has 1 saturated heterocycles. The second-order valence-corrected chi connectivity index (χ2v) is 10.0. The number of nitrogens with zero attached hydrogens (tertiary/aromatic N) is 3. The third kappa shape index (κ3) is 3.73. The summed E-state index contributed by atoms with van der Waals surface area (Å²) in [6.07, 6.45) is 2.07. The molecule has 3 heterocycles. The third-order valence-corrected chi connectivity index (χ3v) is 8.08. The Morgan fingerprint density at radius 3 is 2.55 bits per heavy atom. The van der Waals surface area contributed by atoms with Crippen molar-refractivity contribution in [3.05, 3.63) is 95.1 Å². The van der Waals surface area contributed by atoms with Gasteiger partial charge in [0.05, 0.1) is 17.0 Å². The Hall–Kier alpha value is -3.43. The van der Waals surface area contributed by atoms with Crippen molar-refractivity contribution >= 4 is 21.8 Å². The number of rotatable bonds is 5. The van der Waals surface area contributed by atoms with Gasteiger partial charge in [-0.1, -0.05) is 36.4 Å². The van der Waals surface area contributed by atoms with Crippen LogP contribution in [0, 0.1) is 5.82 Å². The topological polar surface area (TPSA) is 87.6 Å². The van der Waals surface area contributed by atoms with Gasteiger partial charge in [-0.25, -0.2) is 12.8 Å². The highest BCUT2D eigenvalue weighted by Crippen LogP contribution is 2.33. The molecule has 2 amide bonds. The molecule has 0 saturated carbocycles. The molecule has 7 nitrogen and oxygen atoms in total. The molecule has 1 aromatic heterocycles. The van der Waals surface area contributed by atoms with Crippen molar-refractivity contribution < 1.29 is 22.4 Å². The second kappa shape index (κ2) is 8.17. The van der Waals surface area contributed by atoms with Gasteiger partial charge >= 0.3 is 0 Å². The van der Waals surface area contributed by atoms with Crippen LogP contribution in [0.3, 0.4) is 0 Å². The first-order chi connectivity index (χ1) is 15.9. The number of benzene rings is 2. The lowest BCUT2D eigenvalue weighted by Crippen LogP contribution is -2.32. The molecule has 0 unspecified atom stereocenters. The van der Waals surface area contributed by atoms with Crippen LogP contribution < -0.4 is 0 Å². The Kier molecular flexibility index (Phi) is 5.30. The van der Waals surface area contributed by atoms with Gasteiger partial charge in [0.1, 0.15) is 11.5 Å². The van der Waals surface area contributed by atoms with E-state index in [1.54, 1.807) is 6.07 Å². The van der Waals surface area contributed by atoms with Crippen LogP contribution >= 0.6 is 0 Å². The monoisotopic (exact) mass is 465 g/mol. The largest absolute Gasteiger partial charge is 0.280 e. The molecule has 33 heavy (non-hydrogen) atoms. The van der Waals surface area contributed by atoms with Gasteiger partial charge in [-0.15, -0.1) is 0 Å². The quantitative estimate of drug-likeness (QED) is 0.540. The number of carbonyl (C=O) groups excluding carboxylic acids is 2. The number of sulfonamides is 1. The normalized spacial score (nSPS) is 18.7. The van der Waals surface area contributed by atoms with E-state index in [1.165, 1.54) is 22.6 Å². The minimum absolute atomic E-state index is 0.0271. The molecule has 0 aliphatic carbocycles. The Labute approximate surface area is 190 Å². The highest BCUT2D eigenvalue weighted by molar-refractivity contribution is 7.89. The van der Waals surface area contributed by atoms with Crippen molar-refractivity contribution in [3.63, 3.8) is 0 Å². The van der Waals surface area contributed by atoms with Gasteiger partial charge in [0.25, 0.3) is 11.8 Å². The first-order valence-corrected chi connectivity index (χ1v) is 11.9. The van der Waals surface area contributed by atoms with Gasteiger partial charge in [-0.05, 0) is 47.7 Å². The van der Waals surface area contributed by atoms with E-state index in [4.69, 9.17) is 0 Å². The number of pyridine rings is 1. The molecular weight excluding hydrogens is 445 g/mol. The van der Waals surface area contributed by atoms with Crippen molar-refractivity contribution in [1.29, 1.82) is 0 Å². The van der Waals surface area contributed by atoms with Crippen molar-refractivity contribution in [2.75, 3.05) is 13.1 Å². The van der Waals surface area contributed by atoms with E-state index in [-0.39, 0.29) is 40.7 Å². The van der Waals surface area contributed by atoms with Crippen LogP contribution in [0.25, 0.3) is 0 Å². The molecule has 1 fully saturated rings. The number of hydrogen-bond donors (Lipinski definition) is 0. The molecule has 2 aliphatic heterocycles. The SMILES string of the molecule is O=C1c2cccnc2C(=O)N1Cc1ccc(F)cc1S(=O)(=O)N1CC[C@@H](c2ccccc2)C1. The Balaban J connectivity index is 1.45. The average Bonchev–Trinajstić information content (AvgIpc) is 3.42. The van der Waals surface area contributed by atoms with Crippen LogP contribution in [-0.4, -0.2) is 47.5 Å². The Morgan fingerprint density at radius 2 is 1.79 bits per heavy atom. The van der Waals surface area contributed by atoms with Gasteiger partial charge in [0.2, 0.25) is 10.0 Å². The minimum Gasteiger partial charge on any atom is -0.268 e. The van der Waals surface area contributed by atoms with E-state index in [2.05, 4.69) is 4.98 Å². The number of imide groups is 1. The summed E-state index contributed by atoms with van der Waals surface area (Å²) in [6.45, 7) is 0.285. The van der Waals surface area contributed by atoms with E-state index < -0.39 is 27.7 Å². The van der Waals surface area contributed by atoms with E-state index >= 15 is 0 Å². The lowest BCUT2D eigenvalue weighted by Gasteiger charge is -2.21. The molecule has 3 aromatic rings. The molecule has 9 heteroatoms. The van der Waals surface area contributed by atoms with Crippen LogP contribution in [0.15, 0.2) is 71.8 Å². The number of amides is 2. The molecule has 0 N–H and O–H groups in total. The van der Waals surface area contributed by atoms with Crippen LogP contribution in [0.1, 0.15) is 44.3 Å². The smallest absolute Gasteiger partial charge is 0.268 e. The maximum atomic E-state index is 14.1. The third-order valence-electron chi connectivity index (χ3n) is 6.13. The fourth-order valence-corrected chi connectivity index (χ4v) is 6.14. The number of carbonyl (C=O) groups is 2. The molecule has 2 aromatic carbocycles. The first kappa shape index (κ1) is 21.4. The maximum Gasteiger partial charge on any atom is 0.280 e. The zero-order valence-electron chi connectivity index (χ0n) is 17.5. The van der Waals surface area contributed by atoms with Gasteiger partial charge in [-0.3, -0.25) is 19.5 Å². The zero-order valence-corrected chi connectivity index (χ0v) is 18.3. The molecule has 0 bridgehead atoms. The zero-order chi connectivity index (χ0) is 23.2. The number of hydrogen-bond acceptors (Lipinski definition) is 5. The highest BCUT2D eigenvalue weighted by Gasteiger charge is 2.39. The summed E-state index contributed by atoms with van der Waals surface area (Å²) < 4.78 is 42.5. The summed E-state index contributed by atoms with van der Waals surface area (Å²) in [5, 5.41) is 0. The van der Waals surface area contributed by atoms with Crippen LogP contribution in [0.5, 0.6) is 0 Å². The second-order valence-electron chi connectivity index (χ2n) is 8.11. The molecule has 1 atom stereocenters. The molecular formula is C24H20FN3O4S. The fraction of sp³-hybridized carbons (Fsp3) is 0.208. The van der Waals surface area contributed by atoms with Crippen molar-refractivity contribution in [2.24, 2.45) is 0 Å². The maximum absolute atomic E-state index is 14.1. The van der Waals surface area contributed by atoms with Gasteiger partial charge in [0.15, 0.2) is 0 Å². The Morgan fingerprint density at radius 1 is 1.00 bits per heavy atom. The van der Waals surface area contributed by atoms with Crippen molar-refractivity contribution in [2.45, 2.75) is 23.8 Å². The summed E-state index contributed by atoms with van der Waals surface area (Å²) in [7, 11) is -4.05. The molecule has 5 rings (SSSR count). The Bertz CT molecular complexity index is 1330. The van der Waals surface area contributed by atoms with E-state index in [0.717, 1.165) is 22.6 Å². The van der Waals surface area contributed by atoms with Crippen LogP contribution in [0.2, 0.25) is 0 Å². The molecule has 0 radical (unpaired) electrons. The minimum atomic E-state index is -4.05. The van der Waals surface area contributed by atoms with Gasteiger partial charge in [-0.2, -0.15) is 4.31 Å².